The van der Waals surface area contributed by atoms with Crippen molar-refractivity contribution in [2.75, 3.05) is 17.2 Å². The molecule has 0 N–H and O–H groups in total. The lowest BCUT2D eigenvalue weighted by Crippen LogP contribution is -2.35. The molecule has 0 aliphatic heterocycles. The number of anilines is 1. The molecule has 0 aliphatic carbocycles. The first kappa shape index (κ1) is 24.4. The SMILES string of the molecule is Cc1cc(C)n(CCN(C(=O)CCS(=O)(=O)c2ccccc2)c2nc3c(C)c(Cl)ccc3s2)n1. The number of hydrogen-bond acceptors (Lipinski definition) is 6. The van der Waals surface area contributed by atoms with Crippen molar-refractivity contribution in [3.8, 4) is 0 Å². The standard InChI is InChI=1S/C24H25ClN4O3S2/c1-16-15-17(2)29(27-16)13-12-28(24-26-23-18(3)20(25)9-10-21(23)33-24)22(30)11-14-34(31,32)19-7-5-4-6-8-19/h4-10,15H,11-14H2,1-3H3. The van der Waals surface area contributed by atoms with Gasteiger partial charge in [0.2, 0.25) is 5.91 Å². The van der Waals surface area contributed by atoms with Crippen LogP contribution < -0.4 is 4.90 Å². The van der Waals surface area contributed by atoms with E-state index in [9.17, 15) is 13.2 Å². The molecule has 178 valence electrons. The molecular weight excluding hydrogens is 492 g/mol. The van der Waals surface area contributed by atoms with Crippen molar-refractivity contribution in [2.45, 2.75) is 38.6 Å². The van der Waals surface area contributed by atoms with Gasteiger partial charge in [-0.1, -0.05) is 41.1 Å². The van der Waals surface area contributed by atoms with Crippen LogP contribution in [-0.4, -0.2) is 41.4 Å². The van der Waals surface area contributed by atoms with Gasteiger partial charge in [-0.05, 0) is 56.7 Å². The van der Waals surface area contributed by atoms with Crippen LogP contribution in [0.2, 0.25) is 5.02 Å². The number of carbonyl (C=O) groups excluding carboxylic acids is 1. The van der Waals surface area contributed by atoms with E-state index in [-0.39, 0.29) is 23.0 Å². The fourth-order valence-corrected chi connectivity index (χ4v) is 6.20. The summed E-state index contributed by atoms with van der Waals surface area (Å²) in [6.07, 6.45) is -0.149. The zero-order chi connectivity index (χ0) is 24.5. The minimum atomic E-state index is -3.58. The van der Waals surface area contributed by atoms with Crippen molar-refractivity contribution >= 4 is 54.0 Å². The maximum atomic E-state index is 13.3. The number of thiazole rings is 1. The number of aryl methyl sites for hydroxylation is 3. The number of fused-ring (bicyclic) bond motifs is 1. The third-order valence-corrected chi connectivity index (χ3v) is 8.78. The van der Waals surface area contributed by atoms with E-state index in [4.69, 9.17) is 16.6 Å². The minimum Gasteiger partial charge on any atom is -0.286 e. The summed E-state index contributed by atoms with van der Waals surface area (Å²) in [4.78, 5) is 19.8. The van der Waals surface area contributed by atoms with Crippen LogP contribution in [0.3, 0.4) is 0 Å². The van der Waals surface area contributed by atoms with Crippen LogP contribution in [0.5, 0.6) is 0 Å². The quantitative estimate of drug-likeness (QED) is 0.330. The van der Waals surface area contributed by atoms with E-state index in [0.29, 0.717) is 23.2 Å². The predicted molar refractivity (Wildman–Crippen MR) is 137 cm³/mol. The van der Waals surface area contributed by atoms with Gasteiger partial charge in [-0.15, -0.1) is 0 Å². The summed E-state index contributed by atoms with van der Waals surface area (Å²) in [5.41, 5.74) is 3.48. The average molecular weight is 517 g/mol. The van der Waals surface area contributed by atoms with E-state index < -0.39 is 9.84 Å². The number of carbonyl (C=O) groups is 1. The monoisotopic (exact) mass is 516 g/mol. The Balaban J connectivity index is 1.61. The maximum absolute atomic E-state index is 13.3. The molecule has 0 bridgehead atoms. The van der Waals surface area contributed by atoms with Gasteiger partial charge in [0.1, 0.15) is 0 Å². The molecule has 0 atom stereocenters. The van der Waals surface area contributed by atoms with Gasteiger partial charge in [0.15, 0.2) is 15.0 Å². The first-order valence-corrected chi connectivity index (χ1v) is 13.7. The summed E-state index contributed by atoms with van der Waals surface area (Å²) in [6, 6.07) is 13.9. The number of sulfone groups is 1. The molecule has 7 nitrogen and oxygen atoms in total. The number of aromatic nitrogens is 3. The third kappa shape index (κ3) is 5.16. The first-order chi connectivity index (χ1) is 16.2. The van der Waals surface area contributed by atoms with E-state index in [0.717, 1.165) is 27.2 Å². The first-order valence-electron chi connectivity index (χ1n) is 10.8. The van der Waals surface area contributed by atoms with Crippen LogP contribution in [0.15, 0.2) is 53.4 Å². The van der Waals surface area contributed by atoms with Crippen LogP contribution in [0, 0.1) is 20.8 Å². The van der Waals surface area contributed by atoms with Crippen LogP contribution in [0.4, 0.5) is 5.13 Å². The Morgan fingerprint density at radius 3 is 2.53 bits per heavy atom. The third-order valence-electron chi connectivity index (χ3n) is 5.59. The maximum Gasteiger partial charge on any atom is 0.229 e. The highest BCUT2D eigenvalue weighted by molar-refractivity contribution is 7.91. The van der Waals surface area contributed by atoms with Gasteiger partial charge < -0.3 is 0 Å². The fourth-order valence-electron chi connectivity index (χ4n) is 3.73. The minimum absolute atomic E-state index is 0.149. The van der Waals surface area contributed by atoms with Gasteiger partial charge in [-0.3, -0.25) is 14.4 Å². The van der Waals surface area contributed by atoms with Crippen molar-refractivity contribution in [1.29, 1.82) is 0 Å². The van der Waals surface area contributed by atoms with Gasteiger partial charge in [0, 0.05) is 23.7 Å². The van der Waals surface area contributed by atoms with Gasteiger partial charge in [-0.2, -0.15) is 5.10 Å². The number of nitrogens with zero attached hydrogens (tertiary/aromatic N) is 4. The van der Waals surface area contributed by atoms with E-state index in [2.05, 4.69) is 5.10 Å². The molecule has 0 fully saturated rings. The number of rotatable bonds is 8. The summed E-state index contributed by atoms with van der Waals surface area (Å²) < 4.78 is 28.2. The van der Waals surface area contributed by atoms with Crippen LogP contribution in [0.1, 0.15) is 23.4 Å². The van der Waals surface area contributed by atoms with Crippen molar-refractivity contribution in [1.82, 2.24) is 14.8 Å². The zero-order valence-electron chi connectivity index (χ0n) is 19.2. The molecule has 0 aliphatic rings. The molecular formula is C24H25ClN4O3S2. The molecule has 34 heavy (non-hydrogen) atoms. The van der Waals surface area contributed by atoms with Crippen molar-refractivity contribution in [2.24, 2.45) is 0 Å². The topological polar surface area (TPSA) is 85.2 Å². The smallest absolute Gasteiger partial charge is 0.229 e. The van der Waals surface area contributed by atoms with E-state index in [1.165, 1.54) is 11.3 Å². The van der Waals surface area contributed by atoms with E-state index in [1.807, 2.05) is 43.7 Å². The molecule has 4 rings (SSSR count). The van der Waals surface area contributed by atoms with E-state index >= 15 is 0 Å². The van der Waals surface area contributed by atoms with Gasteiger partial charge in [0.05, 0.1) is 33.1 Å². The van der Waals surface area contributed by atoms with Gasteiger partial charge >= 0.3 is 0 Å². The normalized spacial score (nSPS) is 11.8. The molecule has 2 heterocycles. The Morgan fingerprint density at radius 2 is 1.85 bits per heavy atom. The fraction of sp³-hybridized carbons (Fsp3) is 0.292. The molecule has 0 spiro atoms. The van der Waals surface area contributed by atoms with Gasteiger partial charge in [-0.25, -0.2) is 13.4 Å². The summed E-state index contributed by atoms with van der Waals surface area (Å²) in [5.74, 6) is -0.578. The second kappa shape index (κ2) is 9.85. The van der Waals surface area contributed by atoms with E-state index in [1.54, 1.807) is 35.2 Å². The van der Waals surface area contributed by atoms with Crippen LogP contribution in [-0.2, 0) is 21.2 Å². The highest BCUT2D eigenvalue weighted by Crippen LogP contribution is 2.34. The molecule has 10 heteroatoms. The van der Waals surface area contributed by atoms with Crippen molar-refractivity contribution < 1.29 is 13.2 Å². The summed E-state index contributed by atoms with van der Waals surface area (Å²) >= 11 is 7.65. The van der Waals surface area contributed by atoms with Crippen LogP contribution in [0.25, 0.3) is 10.2 Å². The molecule has 0 radical (unpaired) electrons. The van der Waals surface area contributed by atoms with Gasteiger partial charge in [0.25, 0.3) is 0 Å². The second-order valence-corrected chi connectivity index (χ2v) is 11.6. The molecule has 0 saturated heterocycles. The molecule has 0 saturated carbocycles. The second-order valence-electron chi connectivity index (χ2n) is 8.09. The van der Waals surface area contributed by atoms with Crippen molar-refractivity contribution in [3.05, 3.63) is 70.5 Å². The zero-order valence-corrected chi connectivity index (χ0v) is 21.5. The molecule has 1 amide bonds. The number of halogens is 1. The predicted octanol–water partition coefficient (Wildman–Crippen LogP) is 4.97. The molecule has 4 aromatic rings. The lowest BCUT2D eigenvalue weighted by atomic mass is 10.2. The Kier molecular flexibility index (Phi) is 7.06. The molecule has 0 unspecified atom stereocenters. The molecule has 2 aromatic carbocycles. The number of amides is 1. The summed E-state index contributed by atoms with van der Waals surface area (Å²) in [5, 5.41) is 5.60. The highest BCUT2D eigenvalue weighted by atomic mass is 35.5. The summed E-state index contributed by atoms with van der Waals surface area (Å²) in [6.45, 7) is 6.55. The Bertz CT molecular complexity index is 1450. The average Bonchev–Trinajstić information content (AvgIpc) is 3.38. The number of hydrogen-bond donors (Lipinski definition) is 0. The largest absolute Gasteiger partial charge is 0.286 e. The lowest BCUT2D eigenvalue weighted by Gasteiger charge is -2.20. The molecule has 2 aromatic heterocycles. The van der Waals surface area contributed by atoms with Crippen LogP contribution >= 0.6 is 22.9 Å². The summed E-state index contributed by atoms with van der Waals surface area (Å²) in [7, 11) is -3.58. The van der Waals surface area contributed by atoms with Crippen molar-refractivity contribution in [3.63, 3.8) is 0 Å². The number of benzene rings is 2. The lowest BCUT2D eigenvalue weighted by molar-refractivity contribution is -0.118. The Hall–Kier alpha value is -2.75. The highest BCUT2D eigenvalue weighted by Gasteiger charge is 2.24. The Labute approximate surface area is 207 Å². The Morgan fingerprint density at radius 1 is 1.12 bits per heavy atom.